The monoisotopic (exact) mass is 317 g/mol. The Morgan fingerprint density at radius 1 is 1.33 bits per heavy atom. The summed E-state index contributed by atoms with van der Waals surface area (Å²) in [4.78, 5) is 36.7. The normalized spacial score (nSPS) is 19.2. The van der Waals surface area contributed by atoms with Gasteiger partial charge in [0.25, 0.3) is 0 Å². The van der Waals surface area contributed by atoms with Crippen LogP contribution in [-0.2, 0) is 19.1 Å². The molecule has 1 heterocycles. The van der Waals surface area contributed by atoms with E-state index in [2.05, 4.69) is 0 Å². The highest BCUT2D eigenvalue weighted by Gasteiger charge is 2.36. The van der Waals surface area contributed by atoms with Gasteiger partial charge in [0.05, 0.1) is 13.0 Å². The van der Waals surface area contributed by atoms with Gasteiger partial charge in [-0.05, 0) is 12.3 Å². The quantitative estimate of drug-likeness (QED) is 0.745. The van der Waals surface area contributed by atoms with E-state index in [1.165, 1.54) is 4.90 Å². The summed E-state index contributed by atoms with van der Waals surface area (Å²) in [7, 11) is 0. The molecule has 21 heavy (non-hydrogen) atoms. The molecule has 0 aliphatic carbocycles. The molecule has 7 heteroatoms. The Bertz CT molecular complexity index is 410. The lowest BCUT2D eigenvalue weighted by Crippen LogP contribution is -2.51. The second-order valence-corrected chi connectivity index (χ2v) is 6.99. The van der Waals surface area contributed by atoms with Crippen LogP contribution in [-0.4, -0.2) is 58.6 Å². The molecule has 0 aromatic carbocycles. The van der Waals surface area contributed by atoms with Crippen molar-refractivity contribution in [3.8, 4) is 0 Å². The van der Waals surface area contributed by atoms with Gasteiger partial charge in [-0.25, -0.2) is 4.79 Å². The van der Waals surface area contributed by atoms with Crippen molar-refractivity contribution in [3.63, 3.8) is 0 Å². The Morgan fingerprint density at radius 2 is 2.00 bits per heavy atom. The van der Waals surface area contributed by atoms with Crippen molar-refractivity contribution >= 4 is 29.6 Å². The first-order chi connectivity index (χ1) is 9.76. The van der Waals surface area contributed by atoms with Gasteiger partial charge in [-0.3, -0.25) is 9.59 Å². The zero-order valence-electron chi connectivity index (χ0n) is 12.8. The number of hydrogen-bond acceptors (Lipinski definition) is 5. The largest absolute Gasteiger partial charge is 0.481 e. The van der Waals surface area contributed by atoms with E-state index in [-0.39, 0.29) is 31.3 Å². The molecule has 1 atom stereocenters. The molecule has 1 N–H and O–H groups in total. The highest BCUT2D eigenvalue weighted by Crippen LogP contribution is 2.28. The first-order valence-electron chi connectivity index (χ1n) is 7.02. The van der Waals surface area contributed by atoms with Crippen molar-refractivity contribution < 1.29 is 24.2 Å². The van der Waals surface area contributed by atoms with Crippen molar-refractivity contribution in [2.24, 2.45) is 5.41 Å². The number of rotatable bonds is 6. The van der Waals surface area contributed by atoms with Crippen LogP contribution in [0.5, 0.6) is 0 Å². The van der Waals surface area contributed by atoms with Crippen LogP contribution in [0.1, 0.15) is 33.6 Å². The summed E-state index contributed by atoms with van der Waals surface area (Å²) in [5, 5.41) is 8.88. The Hall–Kier alpha value is -1.24. The molecule has 120 valence electrons. The summed E-state index contributed by atoms with van der Waals surface area (Å²) in [5.74, 6) is -0.178. The van der Waals surface area contributed by atoms with Gasteiger partial charge in [0, 0.05) is 24.5 Å². The zero-order valence-corrected chi connectivity index (χ0v) is 13.6. The first-order valence-corrected chi connectivity index (χ1v) is 8.18. The summed E-state index contributed by atoms with van der Waals surface area (Å²) in [5.41, 5.74) is -0.632. The van der Waals surface area contributed by atoms with Crippen molar-refractivity contribution in [3.05, 3.63) is 0 Å². The molecule has 1 aliphatic rings. The third kappa shape index (κ3) is 5.57. The zero-order chi connectivity index (χ0) is 16.0. The number of amides is 1. The van der Waals surface area contributed by atoms with Gasteiger partial charge < -0.3 is 14.7 Å². The third-order valence-electron chi connectivity index (χ3n) is 3.27. The highest BCUT2D eigenvalue weighted by molar-refractivity contribution is 7.99. The van der Waals surface area contributed by atoms with Crippen LogP contribution in [0, 0.1) is 5.41 Å². The second kappa shape index (κ2) is 7.68. The van der Waals surface area contributed by atoms with E-state index in [1.807, 2.05) is 0 Å². The number of aliphatic carboxylic acids is 1. The summed E-state index contributed by atoms with van der Waals surface area (Å²) >= 11 is 1.62. The summed E-state index contributed by atoms with van der Waals surface area (Å²) in [6, 6.07) is -0.558. The molecule has 1 amide bonds. The number of carboxylic acid groups (broad SMARTS) is 1. The maximum Gasteiger partial charge on any atom is 0.329 e. The van der Waals surface area contributed by atoms with Gasteiger partial charge in [0.2, 0.25) is 5.91 Å². The van der Waals surface area contributed by atoms with Crippen LogP contribution in [0.2, 0.25) is 0 Å². The minimum absolute atomic E-state index is 0.0780. The van der Waals surface area contributed by atoms with Crippen molar-refractivity contribution in [1.82, 2.24) is 4.90 Å². The van der Waals surface area contributed by atoms with Crippen LogP contribution in [0.15, 0.2) is 0 Å². The van der Waals surface area contributed by atoms with Gasteiger partial charge in [-0.2, -0.15) is 11.8 Å². The fourth-order valence-electron chi connectivity index (χ4n) is 2.32. The Balaban J connectivity index is 2.73. The molecule has 0 radical (unpaired) electrons. The first kappa shape index (κ1) is 17.8. The average Bonchev–Trinajstić information content (AvgIpc) is 2.36. The number of carbonyl (C=O) groups is 3. The highest BCUT2D eigenvalue weighted by atomic mass is 32.2. The van der Waals surface area contributed by atoms with E-state index in [0.717, 1.165) is 5.75 Å². The molecular weight excluding hydrogens is 294 g/mol. The number of nitrogens with zero attached hydrogens (tertiary/aromatic N) is 1. The lowest BCUT2D eigenvalue weighted by molar-refractivity contribution is -0.155. The van der Waals surface area contributed by atoms with Gasteiger partial charge in [-0.1, -0.05) is 13.8 Å². The number of carboxylic acids is 1. The van der Waals surface area contributed by atoms with Gasteiger partial charge in [0.1, 0.15) is 6.04 Å². The number of hydrogen-bond donors (Lipinski definition) is 1. The lowest BCUT2D eigenvalue weighted by Gasteiger charge is -2.35. The van der Waals surface area contributed by atoms with E-state index >= 15 is 0 Å². The molecule has 0 bridgehead atoms. The number of carbonyl (C=O) groups excluding carboxylic acids is 2. The maximum atomic E-state index is 12.4. The molecule has 6 nitrogen and oxygen atoms in total. The number of esters is 1. The van der Waals surface area contributed by atoms with E-state index in [0.29, 0.717) is 12.3 Å². The Morgan fingerprint density at radius 3 is 2.57 bits per heavy atom. The minimum Gasteiger partial charge on any atom is -0.481 e. The van der Waals surface area contributed by atoms with Crippen LogP contribution in [0.25, 0.3) is 0 Å². The van der Waals surface area contributed by atoms with Crippen LogP contribution in [0.3, 0.4) is 0 Å². The summed E-state index contributed by atoms with van der Waals surface area (Å²) < 4.78 is 5.02. The Kier molecular flexibility index (Phi) is 6.51. The average molecular weight is 317 g/mol. The van der Waals surface area contributed by atoms with Crippen molar-refractivity contribution in [2.75, 3.05) is 24.7 Å². The van der Waals surface area contributed by atoms with Crippen molar-refractivity contribution in [1.29, 1.82) is 0 Å². The topological polar surface area (TPSA) is 83.9 Å². The summed E-state index contributed by atoms with van der Waals surface area (Å²) in [6.45, 7) is 6.01. The standard InChI is InChI=1S/C14H23NO5S/c1-4-20-13(19)10-9-21-6-5-15(10)11(16)7-14(2,3)8-12(17)18/h10H,4-9H2,1-3H3,(H,17,18). The Labute approximate surface area is 129 Å². The second-order valence-electron chi connectivity index (χ2n) is 5.84. The van der Waals surface area contributed by atoms with Gasteiger partial charge in [0.15, 0.2) is 0 Å². The van der Waals surface area contributed by atoms with E-state index in [9.17, 15) is 14.4 Å². The molecule has 1 fully saturated rings. The molecule has 0 spiro atoms. The number of thioether (sulfide) groups is 1. The fraction of sp³-hybridized carbons (Fsp3) is 0.786. The molecule has 0 aromatic heterocycles. The predicted molar refractivity (Wildman–Crippen MR) is 80.1 cm³/mol. The molecule has 1 unspecified atom stereocenters. The molecule has 0 saturated carbocycles. The molecule has 1 rings (SSSR count). The lowest BCUT2D eigenvalue weighted by atomic mass is 9.85. The van der Waals surface area contributed by atoms with Crippen molar-refractivity contribution in [2.45, 2.75) is 39.7 Å². The van der Waals surface area contributed by atoms with E-state index < -0.39 is 17.4 Å². The van der Waals surface area contributed by atoms with E-state index in [1.54, 1.807) is 32.5 Å². The molecular formula is C14H23NO5S. The van der Waals surface area contributed by atoms with Crippen LogP contribution >= 0.6 is 11.8 Å². The number of ether oxygens (including phenoxy) is 1. The van der Waals surface area contributed by atoms with Crippen LogP contribution in [0.4, 0.5) is 0 Å². The van der Waals surface area contributed by atoms with Gasteiger partial charge in [-0.15, -0.1) is 0 Å². The smallest absolute Gasteiger partial charge is 0.329 e. The van der Waals surface area contributed by atoms with E-state index in [4.69, 9.17) is 9.84 Å². The van der Waals surface area contributed by atoms with Gasteiger partial charge >= 0.3 is 11.9 Å². The molecule has 1 aliphatic heterocycles. The molecule has 0 aromatic rings. The summed E-state index contributed by atoms with van der Waals surface area (Å²) in [6.07, 6.45) is 0.0330. The minimum atomic E-state index is -0.927. The third-order valence-corrected chi connectivity index (χ3v) is 4.29. The van der Waals surface area contributed by atoms with Crippen LogP contribution < -0.4 is 0 Å². The molecule has 1 saturated heterocycles. The SMILES string of the molecule is CCOC(=O)C1CSCCN1C(=O)CC(C)(C)CC(=O)O. The predicted octanol–water partition coefficient (Wildman–Crippen LogP) is 1.38. The fourth-order valence-corrected chi connectivity index (χ4v) is 3.35. The maximum absolute atomic E-state index is 12.4.